The molecule has 3 rings (SSSR count). The van der Waals surface area contributed by atoms with Crippen LogP contribution >= 0.6 is 0 Å². The summed E-state index contributed by atoms with van der Waals surface area (Å²) in [7, 11) is -8.04. The van der Waals surface area contributed by atoms with Gasteiger partial charge in [-0.1, -0.05) is 77.9 Å². The highest BCUT2D eigenvalue weighted by molar-refractivity contribution is 7.86. The van der Waals surface area contributed by atoms with Crippen LogP contribution in [0.25, 0.3) is 0 Å². The smallest absolute Gasteiger partial charge is 0.294 e. The van der Waals surface area contributed by atoms with Gasteiger partial charge >= 0.3 is 0 Å². The number of aliphatic hydroxyl groups excluding tert-OH is 1. The van der Waals surface area contributed by atoms with Crippen LogP contribution in [0.2, 0.25) is 0 Å². The molecule has 2 atom stereocenters. The first-order valence-electron chi connectivity index (χ1n) is 13.8. The Bertz CT molecular complexity index is 1420. The zero-order chi connectivity index (χ0) is 33.6. The van der Waals surface area contributed by atoms with Crippen molar-refractivity contribution < 1.29 is 35.8 Å². The number of hydrogen-bond donors (Lipinski definition) is 5. The molecule has 10 nitrogen and oxygen atoms in total. The van der Waals surface area contributed by atoms with Crippen LogP contribution < -0.4 is 11.1 Å². The molecular formula is C32H46N2O8S2. The van der Waals surface area contributed by atoms with Crippen molar-refractivity contribution in [2.45, 2.75) is 68.5 Å². The van der Waals surface area contributed by atoms with Crippen molar-refractivity contribution in [3.63, 3.8) is 0 Å². The number of rotatable bonds is 12. The molecule has 3 aromatic carbocycles. The van der Waals surface area contributed by atoms with Gasteiger partial charge in [-0.15, -0.1) is 0 Å². The van der Waals surface area contributed by atoms with Crippen LogP contribution in [0.3, 0.4) is 0 Å². The van der Waals surface area contributed by atoms with Gasteiger partial charge in [0.1, 0.15) is 0 Å². The average Bonchev–Trinajstić information content (AvgIpc) is 2.92. The van der Waals surface area contributed by atoms with E-state index in [2.05, 4.69) is 11.9 Å². The zero-order valence-corrected chi connectivity index (χ0v) is 27.6. The number of aryl methyl sites for hydroxylation is 2. The molecule has 0 unspecified atom stereocenters. The second-order valence-electron chi connectivity index (χ2n) is 11.2. The number of aliphatic hydroxyl groups is 1. The van der Waals surface area contributed by atoms with E-state index in [1.165, 1.54) is 24.3 Å². The number of benzene rings is 3. The molecule has 0 spiro atoms. The highest BCUT2D eigenvalue weighted by Crippen LogP contribution is 2.10. The topological polar surface area (TPSA) is 176 Å². The highest BCUT2D eigenvalue weighted by Gasteiger charge is 2.22. The van der Waals surface area contributed by atoms with E-state index < -0.39 is 26.3 Å². The molecule has 0 saturated carbocycles. The van der Waals surface area contributed by atoms with Crippen molar-refractivity contribution in [1.29, 1.82) is 0 Å². The standard InChI is InChI=1S/C18H30N2O2.2C7H8O3S/c1-14(2)12-22-13-18(3,4)20-11-17(21)16(19)10-15-8-6-5-7-9-15;2*1-6-2-4-7(5-3-6)11(8,9)10/h5-9,16-17,20-21H,1,10-13,19H2,2-4H3;2*2-5H,1H3,(H,8,9,10)/t16-,17+;;/m0../s1. The maximum atomic E-state index is 10.5. The molecule has 244 valence electrons. The molecule has 0 amide bonds. The van der Waals surface area contributed by atoms with E-state index in [1.807, 2.05) is 65.0 Å². The van der Waals surface area contributed by atoms with Crippen molar-refractivity contribution in [3.8, 4) is 0 Å². The summed E-state index contributed by atoms with van der Waals surface area (Å²) in [6.07, 6.45) is 0.0663. The molecule has 0 bridgehead atoms. The molecule has 12 heteroatoms. The normalized spacial score (nSPS) is 13.0. The van der Waals surface area contributed by atoms with E-state index >= 15 is 0 Å². The molecule has 3 aromatic rings. The summed E-state index contributed by atoms with van der Waals surface area (Å²) in [5, 5.41) is 13.5. The summed E-state index contributed by atoms with van der Waals surface area (Å²) in [5.74, 6) is 0. The van der Waals surface area contributed by atoms with Crippen LogP contribution in [0, 0.1) is 13.8 Å². The highest BCUT2D eigenvalue weighted by atomic mass is 32.2. The molecular weight excluding hydrogens is 604 g/mol. The summed E-state index contributed by atoms with van der Waals surface area (Å²) < 4.78 is 64.7. The maximum absolute atomic E-state index is 10.5. The van der Waals surface area contributed by atoms with Gasteiger partial charge < -0.3 is 20.9 Å². The van der Waals surface area contributed by atoms with E-state index in [1.54, 1.807) is 24.3 Å². The lowest BCUT2D eigenvalue weighted by atomic mass is 10.0. The lowest BCUT2D eigenvalue weighted by Gasteiger charge is -2.29. The quantitative estimate of drug-likeness (QED) is 0.140. The number of nitrogens with one attached hydrogen (secondary N) is 1. The number of ether oxygens (including phenoxy) is 1. The summed E-state index contributed by atoms with van der Waals surface area (Å²) >= 11 is 0. The Kier molecular flexibility index (Phi) is 16.1. The van der Waals surface area contributed by atoms with Gasteiger partial charge in [-0.3, -0.25) is 9.11 Å². The summed E-state index contributed by atoms with van der Waals surface area (Å²) in [6.45, 7) is 15.1. The van der Waals surface area contributed by atoms with E-state index in [-0.39, 0.29) is 21.4 Å². The predicted octanol–water partition coefficient (Wildman–Crippen LogP) is 4.36. The Hall–Kier alpha value is -2.94. The van der Waals surface area contributed by atoms with Gasteiger partial charge in [0.2, 0.25) is 0 Å². The van der Waals surface area contributed by atoms with Crippen molar-refractivity contribution in [2.24, 2.45) is 5.73 Å². The molecule has 0 radical (unpaired) electrons. The first kappa shape index (κ1) is 39.1. The van der Waals surface area contributed by atoms with E-state index in [0.717, 1.165) is 22.3 Å². The minimum atomic E-state index is -4.02. The minimum Gasteiger partial charge on any atom is -0.390 e. The van der Waals surface area contributed by atoms with Gasteiger partial charge in [-0.25, -0.2) is 0 Å². The van der Waals surface area contributed by atoms with Crippen LogP contribution in [0.1, 0.15) is 37.5 Å². The molecule has 44 heavy (non-hydrogen) atoms. The van der Waals surface area contributed by atoms with Gasteiger partial charge in [-0.2, -0.15) is 16.8 Å². The lowest BCUT2D eigenvalue weighted by molar-refractivity contribution is 0.0803. The fourth-order valence-electron chi connectivity index (χ4n) is 3.51. The number of nitrogens with two attached hydrogens (primary N) is 1. The first-order chi connectivity index (χ1) is 20.3. The van der Waals surface area contributed by atoms with Crippen LogP contribution in [0.15, 0.2) is 101 Å². The fourth-order valence-corrected chi connectivity index (χ4v) is 4.47. The maximum Gasteiger partial charge on any atom is 0.294 e. The van der Waals surface area contributed by atoms with Crippen LogP contribution in [0.4, 0.5) is 0 Å². The zero-order valence-electron chi connectivity index (χ0n) is 26.0. The van der Waals surface area contributed by atoms with Gasteiger partial charge in [0.15, 0.2) is 0 Å². The molecule has 0 aliphatic rings. The van der Waals surface area contributed by atoms with E-state index in [9.17, 15) is 21.9 Å². The van der Waals surface area contributed by atoms with Crippen molar-refractivity contribution in [3.05, 3.63) is 108 Å². The van der Waals surface area contributed by atoms with Crippen molar-refractivity contribution >= 4 is 20.2 Å². The van der Waals surface area contributed by atoms with Gasteiger partial charge in [0, 0.05) is 18.1 Å². The first-order valence-corrected chi connectivity index (χ1v) is 16.7. The van der Waals surface area contributed by atoms with Crippen LogP contribution in [-0.4, -0.2) is 68.5 Å². The fraction of sp³-hybridized carbons (Fsp3) is 0.375. The van der Waals surface area contributed by atoms with Crippen molar-refractivity contribution in [2.75, 3.05) is 19.8 Å². The number of hydrogen-bond acceptors (Lipinski definition) is 8. The van der Waals surface area contributed by atoms with Crippen molar-refractivity contribution in [1.82, 2.24) is 5.32 Å². The third-order valence-electron chi connectivity index (χ3n) is 6.05. The largest absolute Gasteiger partial charge is 0.390 e. The van der Waals surface area contributed by atoms with Crippen LogP contribution in [-0.2, 0) is 31.4 Å². The SMILES string of the molecule is C=C(C)COCC(C)(C)NC[C@@H](O)[C@@H](N)Cc1ccccc1.Cc1ccc(S(=O)(=O)O)cc1.Cc1ccc(S(=O)(=O)O)cc1. The Labute approximate surface area is 262 Å². The second-order valence-corrected chi connectivity index (χ2v) is 14.1. The van der Waals surface area contributed by atoms with E-state index in [4.69, 9.17) is 19.6 Å². The molecule has 0 aromatic heterocycles. The van der Waals surface area contributed by atoms with Gasteiger partial charge in [-0.05, 0) is 70.9 Å². The van der Waals surface area contributed by atoms with E-state index in [0.29, 0.717) is 26.2 Å². The summed E-state index contributed by atoms with van der Waals surface area (Å²) in [4.78, 5) is -0.133. The Balaban J connectivity index is 0.000000367. The Morgan fingerprint density at radius 2 is 1.30 bits per heavy atom. The molecule has 0 saturated heterocycles. The Morgan fingerprint density at radius 1 is 0.864 bits per heavy atom. The molecule has 0 aliphatic carbocycles. The molecule has 0 fully saturated rings. The molecule has 0 aliphatic heterocycles. The van der Waals surface area contributed by atoms with Gasteiger partial charge in [0.05, 0.1) is 29.1 Å². The summed E-state index contributed by atoms with van der Waals surface area (Å²) in [5.41, 5.74) is 9.92. The Morgan fingerprint density at radius 3 is 1.68 bits per heavy atom. The van der Waals surface area contributed by atoms with Crippen LogP contribution in [0.5, 0.6) is 0 Å². The third-order valence-corrected chi connectivity index (χ3v) is 7.78. The summed E-state index contributed by atoms with van der Waals surface area (Å²) in [6, 6.07) is 21.7. The predicted molar refractivity (Wildman–Crippen MR) is 174 cm³/mol. The second kappa shape index (κ2) is 18.1. The minimum absolute atomic E-state index is 0.0666. The number of β-amino-alcohol motifs (C(OH)–C–C–N with tert-alkyl or cyclic N) is 1. The third kappa shape index (κ3) is 16.8. The molecule has 0 heterocycles. The monoisotopic (exact) mass is 650 g/mol. The lowest BCUT2D eigenvalue weighted by Crippen LogP contribution is -2.51. The average molecular weight is 651 g/mol. The van der Waals surface area contributed by atoms with Gasteiger partial charge in [0.25, 0.3) is 20.2 Å². The molecule has 6 N–H and O–H groups in total.